The summed E-state index contributed by atoms with van der Waals surface area (Å²) in [5.41, 5.74) is 1.32. The molecule has 1 aromatic heterocycles. The summed E-state index contributed by atoms with van der Waals surface area (Å²) in [6.45, 7) is 11.2. The summed E-state index contributed by atoms with van der Waals surface area (Å²) in [6.07, 6.45) is 4.28. The fourth-order valence-electron chi connectivity index (χ4n) is 3.15. The molecule has 2 unspecified atom stereocenters. The molecule has 0 saturated carbocycles. The molecule has 1 saturated heterocycles. The lowest BCUT2D eigenvalue weighted by molar-refractivity contribution is 0.337. The van der Waals surface area contributed by atoms with Crippen LogP contribution in [0.1, 0.15) is 45.2 Å². The first-order valence-corrected chi connectivity index (χ1v) is 8.27. The molecule has 0 bridgehead atoms. The van der Waals surface area contributed by atoms with Crippen molar-refractivity contribution in [3.8, 4) is 0 Å². The van der Waals surface area contributed by atoms with E-state index in [4.69, 9.17) is 4.98 Å². The van der Waals surface area contributed by atoms with Crippen LogP contribution in [-0.2, 0) is 0 Å². The molecule has 118 valence electrons. The number of likely N-dealkylation sites (N-methyl/N-ethyl adjacent to an activating group) is 1. The van der Waals surface area contributed by atoms with Gasteiger partial charge in [0.1, 0.15) is 5.82 Å². The maximum atomic E-state index is 4.72. The van der Waals surface area contributed by atoms with Crippen molar-refractivity contribution in [3.05, 3.63) is 23.9 Å². The van der Waals surface area contributed by atoms with E-state index in [2.05, 4.69) is 55.1 Å². The molecule has 2 atom stereocenters. The molecule has 0 spiro atoms. The van der Waals surface area contributed by atoms with Crippen molar-refractivity contribution in [1.29, 1.82) is 0 Å². The van der Waals surface area contributed by atoms with Crippen LogP contribution in [0, 0.1) is 0 Å². The van der Waals surface area contributed by atoms with E-state index in [-0.39, 0.29) is 0 Å². The lowest BCUT2D eigenvalue weighted by Crippen LogP contribution is -2.39. The van der Waals surface area contributed by atoms with E-state index in [1.54, 1.807) is 0 Å². The van der Waals surface area contributed by atoms with Crippen LogP contribution in [0.4, 0.5) is 5.82 Å². The second kappa shape index (κ2) is 7.76. The minimum absolute atomic E-state index is 0.349. The predicted molar refractivity (Wildman–Crippen MR) is 89.9 cm³/mol. The molecule has 1 aliphatic rings. The first kappa shape index (κ1) is 16.2. The zero-order valence-corrected chi connectivity index (χ0v) is 14.0. The molecule has 0 aromatic carbocycles. The Hall–Kier alpha value is -1.13. The van der Waals surface area contributed by atoms with E-state index in [1.165, 1.54) is 18.5 Å². The van der Waals surface area contributed by atoms with Crippen LogP contribution in [-0.4, -0.2) is 49.2 Å². The number of aromatic nitrogens is 1. The Kier molecular flexibility index (Phi) is 6.00. The van der Waals surface area contributed by atoms with Gasteiger partial charge in [0, 0.05) is 36.9 Å². The predicted octanol–water partition coefficient (Wildman–Crippen LogP) is 2.67. The molecule has 1 aromatic rings. The topological polar surface area (TPSA) is 31.4 Å². The molecule has 0 aliphatic carbocycles. The van der Waals surface area contributed by atoms with Crippen molar-refractivity contribution in [1.82, 2.24) is 15.2 Å². The number of hydrogen-bond acceptors (Lipinski definition) is 4. The molecule has 2 rings (SSSR count). The van der Waals surface area contributed by atoms with Gasteiger partial charge < -0.3 is 15.1 Å². The average Bonchev–Trinajstić information content (AvgIpc) is 2.65. The smallest absolute Gasteiger partial charge is 0.133 e. The normalized spacial score (nSPS) is 22.1. The number of rotatable bonds is 5. The molecule has 0 amide bonds. The van der Waals surface area contributed by atoms with Crippen LogP contribution in [0.5, 0.6) is 0 Å². The van der Waals surface area contributed by atoms with Gasteiger partial charge in [-0.1, -0.05) is 13.0 Å². The maximum Gasteiger partial charge on any atom is 0.133 e. The third kappa shape index (κ3) is 4.17. The molecule has 2 heterocycles. The Balaban J connectivity index is 2.22. The van der Waals surface area contributed by atoms with Crippen LogP contribution in [0.3, 0.4) is 0 Å². The van der Waals surface area contributed by atoms with Gasteiger partial charge in [-0.15, -0.1) is 0 Å². The van der Waals surface area contributed by atoms with Crippen molar-refractivity contribution >= 4 is 5.82 Å². The van der Waals surface area contributed by atoms with Crippen LogP contribution in [0.25, 0.3) is 0 Å². The lowest BCUT2D eigenvalue weighted by Gasteiger charge is -2.32. The number of pyridine rings is 1. The molecular weight excluding hydrogens is 260 g/mol. The highest BCUT2D eigenvalue weighted by Gasteiger charge is 2.24. The van der Waals surface area contributed by atoms with Crippen LogP contribution in [0.15, 0.2) is 18.3 Å². The Morgan fingerprint density at radius 1 is 1.43 bits per heavy atom. The Bertz CT molecular complexity index is 435. The Morgan fingerprint density at radius 2 is 2.24 bits per heavy atom. The first-order valence-electron chi connectivity index (χ1n) is 8.27. The van der Waals surface area contributed by atoms with Gasteiger partial charge in [0.2, 0.25) is 0 Å². The van der Waals surface area contributed by atoms with E-state index >= 15 is 0 Å². The molecule has 4 nitrogen and oxygen atoms in total. The number of hydrogen-bond donors (Lipinski definition) is 1. The molecular formula is C17H30N4. The molecule has 1 aliphatic heterocycles. The monoisotopic (exact) mass is 290 g/mol. The van der Waals surface area contributed by atoms with Gasteiger partial charge in [0.15, 0.2) is 0 Å². The van der Waals surface area contributed by atoms with Gasteiger partial charge in [0.25, 0.3) is 0 Å². The van der Waals surface area contributed by atoms with Crippen LogP contribution in [0.2, 0.25) is 0 Å². The van der Waals surface area contributed by atoms with Crippen LogP contribution < -0.4 is 10.2 Å². The standard InChI is InChI=1S/C17H30N4/c1-5-9-18-15(3)16-8-6-10-19-17(16)21-12-7-11-20(4)13-14(21)2/h6,8,10,14-15,18H,5,7,9,11-13H2,1-4H3. The Labute approximate surface area is 129 Å². The van der Waals surface area contributed by atoms with E-state index in [9.17, 15) is 0 Å². The van der Waals surface area contributed by atoms with Crippen molar-refractivity contribution in [2.75, 3.05) is 38.1 Å². The zero-order chi connectivity index (χ0) is 15.2. The third-order valence-corrected chi connectivity index (χ3v) is 4.30. The second-order valence-corrected chi connectivity index (χ2v) is 6.25. The summed E-state index contributed by atoms with van der Waals surface area (Å²) in [5.74, 6) is 1.16. The molecule has 1 N–H and O–H groups in total. The summed E-state index contributed by atoms with van der Waals surface area (Å²) in [7, 11) is 2.21. The second-order valence-electron chi connectivity index (χ2n) is 6.25. The largest absolute Gasteiger partial charge is 0.352 e. The summed E-state index contributed by atoms with van der Waals surface area (Å²) < 4.78 is 0. The maximum absolute atomic E-state index is 4.72. The minimum Gasteiger partial charge on any atom is -0.352 e. The van der Waals surface area contributed by atoms with E-state index < -0.39 is 0 Å². The van der Waals surface area contributed by atoms with E-state index in [0.717, 1.165) is 31.9 Å². The van der Waals surface area contributed by atoms with Gasteiger partial charge in [-0.05, 0) is 52.9 Å². The number of nitrogens with zero attached hydrogens (tertiary/aromatic N) is 3. The van der Waals surface area contributed by atoms with E-state index in [1.807, 2.05) is 6.20 Å². The molecule has 21 heavy (non-hydrogen) atoms. The highest BCUT2D eigenvalue weighted by atomic mass is 15.3. The number of anilines is 1. The van der Waals surface area contributed by atoms with Gasteiger partial charge >= 0.3 is 0 Å². The summed E-state index contributed by atoms with van der Waals surface area (Å²) in [4.78, 5) is 9.63. The Morgan fingerprint density at radius 3 is 3.00 bits per heavy atom. The zero-order valence-electron chi connectivity index (χ0n) is 14.0. The fourth-order valence-corrected chi connectivity index (χ4v) is 3.15. The van der Waals surface area contributed by atoms with Crippen molar-refractivity contribution in [2.24, 2.45) is 0 Å². The van der Waals surface area contributed by atoms with Gasteiger partial charge in [-0.3, -0.25) is 0 Å². The highest BCUT2D eigenvalue weighted by molar-refractivity contribution is 5.49. The summed E-state index contributed by atoms with van der Waals surface area (Å²) in [5, 5.41) is 3.59. The molecule has 1 fully saturated rings. The average molecular weight is 290 g/mol. The van der Waals surface area contributed by atoms with Crippen molar-refractivity contribution in [3.63, 3.8) is 0 Å². The molecule has 4 heteroatoms. The quantitative estimate of drug-likeness (QED) is 0.903. The van der Waals surface area contributed by atoms with Crippen molar-refractivity contribution in [2.45, 2.75) is 45.7 Å². The SMILES string of the molecule is CCCNC(C)c1cccnc1N1CCCN(C)CC1C. The van der Waals surface area contributed by atoms with Gasteiger partial charge in [0.05, 0.1) is 0 Å². The number of nitrogens with one attached hydrogen (secondary N) is 1. The molecule has 0 radical (unpaired) electrons. The summed E-state index contributed by atoms with van der Waals surface area (Å²) in [6, 6.07) is 5.13. The third-order valence-electron chi connectivity index (χ3n) is 4.30. The first-order chi connectivity index (χ1) is 10.1. The summed E-state index contributed by atoms with van der Waals surface area (Å²) >= 11 is 0. The van der Waals surface area contributed by atoms with Crippen molar-refractivity contribution < 1.29 is 0 Å². The van der Waals surface area contributed by atoms with E-state index in [0.29, 0.717) is 12.1 Å². The van der Waals surface area contributed by atoms with Crippen LogP contribution >= 0.6 is 0 Å². The fraction of sp³-hybridized carbons (Fsp3) is 0.706. The van der Waals surface area contributed by atoms with Gasteiger partial charge in [-0.2, -0.15) is 0 Å². The minimum atomic E-state index is 0.349. The van der Waals surface area contributed by atoms with Gasteiger partial charge in [-0.25, -0.2) is 4.98 Å². The lowest BCUT2D eigenvalue weighted by atomic mass is 10.1. The highest BCUT2D eigenvalue weighted by Crippen LogP contribution is 2.26.